The predicted octanol–water partition coefficient (Wildman–Crippen LogP) is 1.88. The van der Waals surface area contributed by atoms with E-state index in [1.165, 1.54) is 11.4 Å². The number of furan rings is 1. The topological polar surface area (TPSA) is 80.1 Å². The summed E-state index contributed by atoms with van der Waals surface area (Å²) in [6, 6.07) is 10.2. The second kappa shape index (κ2) is 7.61. The van der Waals surface area contributed by atoms with Crippen molar-refractivity contribution in [2.24, 2.45) is 0 Å². The molecule has 0 atom stereocenters. The van der Waals surface area contributed by atoms with E-state index in [1.807, 2.05) is 6.92 Å². The third kappa shape index (κ3) is 3.98. The van der Waals surface area contributed by atoms with E-state index in [0.29, 0.717) is 43.4 Å². The fraction of sp³-hybridized carbons (Fsp3) is 0.389. The highest BCUT2D eigenvalue weighted by molar-refractivity contribution is 7.89. The van der Waals surface area contributed by atoms with Crippen LogP contribution in [0.4, 0.5) is 0 Å². The number of piperazine rings is 1. The van der Waals surface area contributed by atoms with Gasteiger partial charge in [0, 0.05) is 26.2 Å². The third-order valence-corrected chi connectivity index (χ3v) is 6.33. The number of hydrogen-bond donors (Lipinski definition) is 0. The van der Waals surface area contributed by atoms with Gasteiger partial charge in [-0.25, -0.2) is 13.2 Å². The predicted molar refractivity (Wildman–Crippen MR) is 95.3 cm³/mol. The van der Waals surface area contributed by atoms with Crippen LogP contribution < -0.4 is 0 Å². The van der Waals surface area contributed by atoms with Crippen LogP contribution in [0.5, 0.6) is 0 Å². The summed E-state index contributed by atoms with van der Waals surface area (Å²) in [6.45, 7) is 4.48. The molecule has 7 nitrogen and oxygen atoms in total. The Balaban J connectivity index is 1.59. The molecule has 0 aliphatic carbocycles. The van der Waals surface area contributed by atoms with Crippen LogP contribution in [0.15, 0.2) is 45.7 Å². The highest BCUT2D eigenvalue weighted by Gasteiger charge is 2.28. The maximum absolute atomic E-state index is 12.7. The quantitative estimate of drug-likeness (QED) is 0.739. The van der Waals surface area contributed by atoms with Crippen LogP contribution in [0.2, 0.25) is 0 Å². The Morgan fingerprint density at radius 2 is 1.73 bits per heavy atom. The number of ether oxygens (including phenoxy) is 1. The van der Waals surface area contributed by atoms with Gasteiger partial charge in [0.25, 0.3) is 0 Å². The molecule has 0 N–H and O–H groups in total. The fourth-order valence-electron chi connectivity index (χ4n) is 2.88. The first kappa shape index (κ1) is 18.6. The SMILES string of the molecule is COC(=O)c1ccc(CN2CCN(S(=O)(=O)c3ccc(C)cc3)CC2)o1. The van der Waals surface area contributed by atoms with E-state index in [4.69, 9.17) is 4.42 Å². The van der Waals surface area contributed by atoms with Crippen molar-refractivity contribution in [2.45, 2.75) is 18.4 Å². The normalized spacial score (nSPS) is 16.5. The minimum absolute atomic E-state index is 0.170. The highest BCUT2D eigenvalue weighted by Crippen LogP contribution is 2.19. The van der Waals surface area contributed by atoms with E-state index in [1.54, 1.807) is 36.4 Å². The Labute approximate surface area is 153 Å². The molecular formula is C18H22N2O5S. The van der Waals surface area contributed by atoms with Gasteiger partial charge in [0.05, 0.1) is 18.6 Å². The first-order valence-electron chi connectivity index (χ1n) is 8.36. The zero-order valence-corrected chi connectivity index (χ0v) is 15.7. The van der Waals surface area contributed by atoms with E-state index in [2.05, 4.69) is 9.64 Å². The summed E-state index contributed by atoms with van der Waals surface area (Å²) >= 11 is 0. The number of methoxy groups -OCH3 is 1. The summed E-state index contributed by atoms with van der Waals surface area (Å²) in [5, 5.41) is 0. The molecule has 0 spiro atoms. The molecule has 1 aromatic heterocycles. The van der Waals surface area contributed by atoms with Crippen molar-refractivity contribution in [3.63, 3.8) is 0 Å². The van der Waals surface area contributed by atoms with Gasteiger partial charge < -0.3 is 9.15 Å². The minimum Gasteiger partial charge on any atom is -0.463 e. The lowest BCUT2D eigenvalue weighted by atomic mass is 10.2. The van der Waals surface area contributed by atoms with Gasteiger partial charge in [0.2, 0.25) is 15.8 Å². The van der Waals surface area contributed by atoms with Crippen molar-refractivity contribution >= 4 is 16.0 Å². The van der Waals surface area contributed by atoms with Gasteiger partial charge in [-0.05, 0) is 31.2 Å². The Morgan fingerprint density at radius 3 is 2.35 bits per heavy atom. The molecule has 0 radical (unpaired) electrons. The van der Waals surface area contributed by atoms with E-state index in [9.17, 15) is 13.2 Å². The standard InChI is InChI=1S/C18H22N2O5S/c1-14-3-6-16(7-4-14)26(22,23)20-11-9-19(10-12-20)13-15-5-8-17(25-15)18(21)24-2/h3-8H,9-13H2,1-2H3. The maximum atomic E-state index is 12.7. The van der Waals surface area contributed by atoms with Gasteiger partial charge in [-0.1, -0.05) is 17.7 Å². The third-order valence-electron chi connectivity index (χ3n) is 4.42. The summed E-state index contributed by atoms with van der Waals surface area (Å²) < 4.78 is 37.0. The monoisotopic (exact) mass is 378 g/mol. The van der Waals surface area contributed by atoms with Gasteiger partial charge in [-0.2, -0.15) is 4.31 Å². The van der Waals surface area contributed by atoms with Crippen LogP contribution in [0.3, 0.4) is 0 Å². The summed E-state index contributed by atoms with van der Waals surface area (Å²) in [5.41, 5.74) is 1.03. The van der Waals surface area contributed by atoms with Gasteiger partial charge >= 0.3 is 5.97 Å². The summed E-state index contributed by atoms with van der Waals surface area (Å²) in [7, 11) is -2.16. The summed E-state index contributed by atoms with van der Waals surface area (Å²) in [6.07, 6.45) is 0. The first-order valence-corrected chi connectivity index (χ1v) is 9.80. The van der Waals surface area contributed by atoms with Crippen LogP contribution in [0, 0.1) is 6.92 Å². The number of esters is 1. The molecule has 3 rings (SSSR count). The molecule has 2 aromatic rings. The zero-order chi connectivity index (χ0) is 18.7. The van der Waals surface area contributed by atoms with Crippen molar-refractivity contribution in [3.05, 3.63) is 53.5 Å². The lowest BCUT2D eigenvalue weighted by molar-refractivity contribution is 0.0560. The van der Waals surface area contributed by atoms with Gasteiger partial charge in [-0.3, -0.25) is 4.90 Å². The molecule has 26 heavy (non-hydrogen) atoms. The zero-order valence-electron chi connectivity index (χ0n) is 14.8. The molecule has 8 heteroatoms. The second-order valence-corrected chi connectivity index (χ2v) is 8.19. The van der Waals surface area contributed by atoms with Crippen LogP contribution in [-0.4, -0.2) is 56.9 Å². The van der Waals surface area contributed by atoms with Gasteiger partial charge in [0.15, 0.2) is 0 Å². The van der Waals surface area contributed by atoms with Gasteiger partial charge in [0.1, 0.15) is 5.76 Å². The number of carbonyl (C=O) groups excluding carboxylic acids is 1. The van der Waals surface area contributed by atoms with Gasteiger partial charge in [-0.15, -0.1) is 0 Å². The molecule has 0 amide bonds. The average molecular weight is 378 g/mol. The number of sulfonamides is 1. The lowest BCUT2D eigenvalue weighted by Crippen LogP contribution is -2.48. The first-order chi connectivity index (χ1) is 12.4. The van der Waals surface area contributed by atoms with Crippen molar-refractivity contribution in [1.29, 1.82) is 0 Å². The van der Waals surface area contributed by atoms with Crippen LogP contribution >= 0.6 is 0 Å². The number of carbonyl (C=O) groups is 1. The molecule has 1 aliphatic rings. The molecule has 0 saturated carbocycles. The number of hydrogen-bond acceptors (Lipinski definition) is 6. The molecular weight excluding hydrogens is 356 g/mol. The van der Waals surface area contributed by atoms with Crippen LogP contribution in [-0.2, 0) is 21.3 Å². The number of rotatable bonds is 5. The molecule has 1 fully saturated rings. The Morgan fingerprint density at radius 1 is 1.08 bits per heavy atom. The highest BCUT2D eigenvalue weighted by atomic mass is 32.2. The van der Waals surface area contributed by atoms with E-state index in [-0.39, 0.29) is 5.76 Å². The number of aryl methyl sites for hydroxylation is 1. The summed E-state index contributed by atoms with van der Waals surface area (Å²) in [4.78, 5) is 13.8. The van der Waals surface area contributed by atoms with Crippen molar-refractivity contribution in [1.82, 2.24) is 9.21 Å². The Kier molecular flexibility index (Phi) is 5.45. The molecule has 0 unspecified atom stereocenters. The number of nitrogens with zero attached hydrogens (tertiary/aromatic N) is 2. The molecule has 1 saturated heterocycles. The van der Waals surface area contributed by atoms with Crippen LogP contribution in [0.25, 0.3) is 0 Å². The van der Waals surface area contributed by atoms with E-state index < -0.39 is 16.0 Å². The van der Waals surface area contributed by atoms with E-state index >= 15 is 0 Å². The van der Waals surface area contributed by atoms with Crippen molar-refractivity contribution in [2.75, 3.05) is 33.3 Å². The van der Waals surface area contributed by atoms with Crippen LogP contribution in [0.1, 0.15) is 21.9 Å². The average Bonchev–Trinajstić information content (AvgIpc) is 3.10. The Hall–Kier alpha value is -2.16. The molecule has 1 aliphatic heterocycles. The Bertz CT molecular complexity index is 865. The lowest BCUT2D eigenvalue weighted by Gasteiger charge is -2.33. The fourth-order valence-corrected chi connectivity index (χ4v) is 4.30. The molecule has 0 bridgehead atoms. The molecule has 140 valence electrons. The summed E-state index contributed by atoms with van der Waals surface area (Å²) in [5.74, 6) is 0.314. The molecule has 1 aromatic carbocycles. The largest absolute Gasteiger partial charge is 0.463 e. The van der Waals surface area contributed by atoms with Crippen molar-refractivity contribution in [3.8, 4) is 0 Å². The minimum atomic E-state index is -3.46. The smallest absolute Gasteiger partial charge is 0.373 e. The van der Waals surface area contributed by atoms with E-state index in [0.717, 1.165) is 5.56 Å². The second-order valence-electron chi connectivity index (χ2n) is 6.25. The maximum Gasteiger partial charge on any atom is 0.373 e. The molecule has 2 heterocycles. The van der Waals surface area contributed by atoms with Crippen molar-refractivity contribution < 1.29 is 22.4 Å². The number of benzene rings is 1.